The lowest BCUT2D eigenvalue weighted by Gasteiger charge is -2.29. The highest BCUT2D eigenvalue weighted by Crippen LogP contribution is 2.40. The normalized spacial score (nSPS) is 20.4. The van der Waals surface area contributed by atoms with Gasteiger partial charge in [-0.1, -0.05) is 32.6 Å². The molecule has 0 aliphatic heterocycles. The van der Waals surface area contributed by atoms with E-state index in [1.54, 1.807) is 0 Å². The molecule has 1 saturated carbocycles. The lowest BCUT2D eigenvalue weighted by Crippen LogP contribution is -2.14. The van der Waals surface area contributed by atoms with Crippen molar-refractivity contribution in [2.45, 2.75) is 64.2 Å². The molecule has 142 valence electrons. The molecule has 2 rings (SSSR count). The number of rotatable bonds is 11. The van der Waals surface area contributed by atoms with E-state index in [0.717, 1.165) is 17.4 Å². The quantitative estimate of drug-likeness (QED) is 0.585. The lowest BCUT2D eigenvalue weighted by atomic mass is 9.77. The van der Waals surface area contributed by atoms with Gasteiger partial charge in [0, 0.05) is 6.07 Å². The van der Waals surface area contributed by atoms with Crippen LogP contribution in [-0.4, -0.2) is 36.6 Å². The van der Waals surface area contributed by atoms with E-state index >= 15 is 0 Å². The highest BCUT2D eigenvalue weighted by Gasteiger charge is 2.23. The molecule has 0 unspecified atom stereocenters. The number of hydrogen-bond donors (Lipinski definition) is 2. The van der Waals surface area contributed by atoms with E-state index in [-0.39, 0.29) is 26.4 Å². The summed E-state index contributed by atoms with van der Waals surface area (Å²) in [6, 6.07) is 6.01. The van der Waals surface area contributed by atoms with Crippen molar-refractivity contribution < 1.29 is 19.7 Å². The molecule has 25 heavy (non-hydrogen) atoms. The molecule has 1 aromatic carbocycles. The van der Waals surface area contributed by atoms with Crippen LogP contribution in [-0.2, 0) is 0 Å². The van der Waals surface area contributed by atoms with Gasteiger partial charge in [-0.05, 0) is 55.2 Å². The summed E-state index contributed by atoms with van der Waals surface area (Å²) in [6.45, 7) is 2.83. The van der Waals surface area contributed by atoms with E-state index in [1.807, 2.05) is 6.07 Å². The number of benzene rings is 1. The first kappa shape index (κ1) is 20.1. The zero-order chi connectivity index (χ0) is 17.9. The van der Waals surface area contributed by atoms with Crippen molar-refractivity contribution >= 4 is 0 Å². The number of hydrogen-bond acceptors (Lipinski definition) is 4. The van der Waals surface area contributed by atoms with Crippen molar-refractivity contribution in [3.8, 4) is 11.5 Å². The molecule has 0 spiro atoms. The minimum Gasteiger partial charge on any atom is -0.491 e. The Kier molecular flexibility index (Phi) is 9.12. The monoisotopic (exact) mass is 350 g/mol. The average molecular weight is 350 g/mol. The van der Waals surface area contributed by atoms with Crippen molar-refractivity contribution in [3.63, 3.8) is 0 Å². The molecule has 0 aromatic heterocycles. The van der Waals surface area contributed by atoms with Gasteiger partial charge in [0.15, 0.2) is 0 Å². The minimum absolute atomic E-state index is 0.0000728. The van der Waals surface area contributed by atoms with E-state index in [4.69, 9.17) is 19.7 Å². The van der Waals surface area contributed by atoms with Crippen LogP contribution in [0, 0.1) is 5.92 Å². The van der Waals surface area contributed by atoms with E-state index in [9.17, 15) is 0 Å². The number of unbranched alkanes of at least 4 members (excludes halogenated alkanes) is 2. The summed E-state index contributed by atoms with van der Waals surface area (Å²) in [5, 5.41) is 18.0. The second-order valence-corrected chi connectivity index (χ2v) is 7.10. The molecular weight excluding hydrogens is 316 g/mol. The molecule has 4 nitrogen and oxygen atoms in total. The molecule has 1 aliphatic carbocycles. The maximum Gasteiger partial charge on any atom is 0.123 e. The summed E-state index contributed by atoms with van der Waals surface area (Å²) >= 11 is 0. The summed E-state index contributed by atoms with van der Waals surface area (Å²) in [5.74, 6) is 2.92. The Morgan fingerprint density at radius 3 is 2.00 bits per heavy atom. The maximum absolute atomic E-state index is 8.98. The molecule has 4 heteroatoms. The van der Waals surface area contributed by atoms with Gasteiger partial charge in [-0.25, -0.2) is 0 Å². The van der Waals surface area contributed by atoms with Gasteiger partial charge in [0.05, 0.1) is 13.2 Å². The average Bonchev–Trinajstić information content (AvgIpc) is 2.65. The molecule has 1 fully saturated rings. The lowest BCUT2D eigenvalue weighted by molar-refractivity contribution is 0.194. The van der Waals surface area contributed by atoms with Gasteiger partial charge >= 0.3 is 0 Å². The van der Waals surface area contributed by atoms with Crippen molar-refractivity contribution in [1.82, 2.24) is 0 Å². The summed E-state index contributed by atoms with van der Waals surface area (Å²) in [5.41, 5.74) is 1.26. The Morgan fingerprint density at radius 1 is 0.880 bits per heavy atom. The van der Waals surface area contributed by atoms with Gasteiger partial charge < -0.3 is 19.7 Å². The molecule has 0 atom stereocenters. The van der Waals surface area contributed by atoms with Crippen LogP contribution in [0.4, 0.5) is 0 Å². The van der Waals surface area contributed by atoms with Crippen molar-refractivity contribution in [2.24, 2.45) is 5.92 Å². The third kappa shape index (κ3) is 6.87. The molecular formula is C21H34O4. The first-order valence-corrected chi connectivity index (χ1v) is 9.89. The first-order valence-electron chi connectivity index (χ1n) is 9.89. The molecule has 0 heterocycles. The fourth-order valence-electron chi connectivity index (χ4n) is 3.79. The van der Waals surface area contributed by atoms with Crippen LogP contribution >= 0.6 is 0 Å². The second-order valence-electron chi connectivity index (χ2n) is 7.10. The fourth-order valence-corrected chi connectivity index (χ4v) is 3.79. The third-order valence-electron chi connectivity index (χ3n) is 5.16. The number of aliphatic hydroxyl groups excluding tert-OH is 2. The zero-order valence-electron chi connectivity index (χ0n) is 15.6. The smallest absolute Gasteiger partial charge is 0.123 e. The van der Waals surface area contributed by atoms with Crippen LogP contribution in [0.2, 0.25) is 0 Å². The Morgan fingerprint density at radius 2 is 1.48 bits per heavy atom. The van der Waals surface area contributed by atoms with Gasteiger partial charge in [0.25, 0.3) is 0 Å². The van der Waals surface area contributed by atoms with Crippen LogP contribution in [0.3, 0.4) is 0 Å². The molecule has 1 aromatic rings. The topological polar surface area (TPSA) is 58.9 Å². The van der Waals surface area contributed by atoms with Crippen molar-refractivity contribution in [3.05, 3.63) is 23.8 Å². The van der Waals surface area contributed by atoms with Crippen molar-refractivity contribution in [2.75, 3.05) is 26.4 Å². The summed E-state index contributed by atoms with van der Waals surface area (Å²) in [4.78, 5) is 0. The Hall–Kier alpha value is -1.26. The zero-order valence-corrected chi connectivity index (χ0v) is 15.6. The van der Waals surface area contributed by atoms with Gasteiger partial charge in [-0.15, -0.1) is 0 Å². The third-order valence-corrected chi connectivity index (χ3v) is 5.16. The predicted octanol–water partition coefficient (Wildman–Crippen LogP) is 4.28. The molecule has 2 N–H and O–H groups in total. The molecule has 1 aliphatic rings. The Bertz CT molecular complexity index is 455. The summed E-state index contributed by atoms with van der Waals surface area (Å²) in [6.07, 6.45) is 10.5. The first-order chi connectivity index (χ1) is 12.3. The van der Waals surface area contributed by atoms with Gasteiger partial charge in [-0.2, -0.15) is 0 Å². The molecule has 0 bridgehead atoms. The predicted molar refractivity (Wildman–Crippen MR) is 100 cm³/mol. The van der Waals surface area contributed by atoms with E-state index < -0.39 is 0 Å². The largest absolute Gasteiger partial charge is 0.491 e. The van der Waals surface area contributed by atoms with Gasteiger partial charge in [-0.3, -0.25) is 0 Å². The maximum atomic E-state index is 8.98. The van der Waals surface area contributed by atoms with Crippen LogP contribution in [0.15, 0.2) is 18.2 Å². The SMILES string of the molecule is CCCCCC1CCC(c2cc(OCCO)cc(OCCO)c2)CC1. The highest BCUT2D eigenvalue weighted by atomic mass is 16.5. The fraction of sp³-hybridized carbons (Fsp3) is 0.714. The number of ether oxygens (including phenoxy) is 2. The van der Waals surface area contributed by atoms with Crippen LogP contribution < -0.4 is 9.47 Å². The van der Waals surface area contributed by atoms with Gasteiger partial charge in [0.2, 0.25) is 0 Å². The van der Waals surface area contributed by atoms with Crippen LogP contribution in [0.5, 0.6) is 11.5 Å². The molecule has 0 amide bonds. The second kappa shape index (κ2) is 11.4. The van der Waals surface area contributed by atoms with Crippen LogP contribution in [0.25, 0.3) is 0 Å². The van der Waals surface area contributed by atoms with E-state index in [0.29, 0.717) is 5.92 Å². The minimum atomic E-state index is -0.0000728. The van der Waals surface area contributed by atoms with Crippen molar-refractivity contribution in [1.29, 1.82) is 0 Å². The number of aliphatic hydroxyl groups is 2. The molecule has 0 saturated heterocycles. The van der Waals surface area contributed by atoms with Crippen LogP contribution in [0.1, 0.15) is 69.8 Å². The van der Waals surface area contributed by atoms with E-state index in [2.05, 4.69) is 19.1 Å². The highest BCUT2D eigenvalue weighted by molar-refractivity contribution is 5.40. The molecule has 0 radical (unpaired) electrons. The Balaban J connectivity index is 1.97. The standard InChI is InChI=1S/C21H34O4/c1-2-3-4-5-17-6-8-18(9-7-17)19-14-20(24-12-10-22)16-21(15-19)25-13-11-23/h14-18,22-23H,2-13H2,1H3. The van der Waals surface area contributed by atoms with E-state index in [1.165, 1.54) is 56.9 Å². The van der Waals surface area contributed by atoms with Gasteiger partial charge in [0.1, 0.15) is 24.7 Å². The Labute approximate surface area is 152 Å². The summed E-state index contributed by atoms with van der Waals surface area (Å²) < 4.78 is 11.2. The summed E-state index contributed by atoms with van der Waals surface area (Å²) in [7, 11) is 0.